The molecule has 0 bridgehead atoms. The number of pyridine rings is 1. The van der Waals surface area contributed by atoms with Crippen molar-refractivity contribution in [3.8, 4) is 22.4 Å². The van der Waals surface area contributed by atoms with Crippen molar-refractivity contribution in [1.82, 2.24) is 19.9 Å². The molecule has 1 aliphatic heterocycles. The van der Waals surface area contributed by atoms with Gasteiger partial charge in [0.25, 0.3) is 0 Å². The lowest BCUT2D eigenvalue weighted by Crippen LogP contribution is -2.22. The molecule has 2 aromatic heterocycles. The summed E-state index contributed by atoms with van der Waals surface area (Å²) in [4.78, 5) is 19.5. The van der Waals surface area contributed by atoms with Gasteiger partial charge in [-0.25, -0.2) is 4.98 Å². The molecule has 0 unspecified atom stereocenters. The Labute approximate surface area is 164 Å². The summed E-state index contributed by atoms with van der Waals surface area (Å²) in [6.07, 6.45) is 6.49. The van der Waals surface area contributed by atoms with Gasteiger partial charge >= 0.3 is 0 Å². The zero-order chi connectivity index (χ0) is 19.2. The first-order valence-electron chi connectivity index (χ1n) is 9.42. The summed E-state index contributed by atoms with van der Waals surface area (Å²) in [5.74, 6) is 1.01. The van der Waals surface area contributed by atoms with Crippen LogP contribution in [0.3, 0.4) is 0 Å². The molecule has 142 valence electrons. The fraction of sp³-hybridized carbons (Fsp3) is 0.238. The monoisotopic (exact) mass is 373 g/mol. The van der Waals surface area contributed by atoms with E-state index in [9.17, 15) is 0 Å². The Morgan fingerprint density at radius 3 is 2.82 bits per heavy atom. The van der Waals surface area contributed by atoms with Gasteiger partial charge in [0.1, 0.15) is 5.82 Å². The minimum Gasteiger partial charge on any atom is -0.369 e. The van der Waals surface area contributed by atoms with Gasteiger partial charge in [-0.1, -0.05) is 24.3 Å². The molecular weight excluding hydrogens is 350 g/mol. The van der Waals surface area contributed by atoms with E-state index in [0.717, 1.165) is 60.8 Å². The Balaban J connectivity index is 1.52. The number of anilines is 2. The second-order valence-corrected chi connectivity index (χ2v) is 6.62. The molecule has 0 fully saturated rings. The largest absolute Gasteiger partial charge is 0.369 e. The van der Waals surface area contributed by atoms with Crippen LogP contribution in [0.2, 0.25) is 0 Å². The van der Waals surface area contributed by atoms with Gasteiger partial charge in [0, 0.05) is 43.2 Å². The lowest BCUT2D eigenvalue weighted by atomic mass is 10.0. The number of nitrogens with one attached hydrogen (secondary N) is 1. The van der Waals surface area contributed by atoms with Gasteiger partial charge in [0.15, 0.2) is 0 Å². The topological polar surface area (TPSA) is 92.3 Å². The van der Waals surface area contributed by atoms with Crippen molar-refractivity contribution in [1.29, 1.82) is 0 Å². The number of hydrogen-bond acceptors (Lipinski definition) is 7. The van der Waals surface area contributed by atoms with Crippen LogP contribution in [0.1, 0.15) is 6.42 Å². The van der Waals surface area contributed by atoms with E-state index < -0.39 is 0 Å². The van der Waals surface area contributed by atoms with E-state index in [4.69, 9.17) is 5.73 Å². The van der Waals surface area contributed by atoms with Crippen LogP contribution in [0.15, 0.2) is 59.9 Å². The fourth-order valence-electron chi connectivity index (χ4n) is 3.20. The summed E-state index contributed by atoms with van der Waals surface area (Å²) in [5.41, 5.74) is 9.77. The molecule has 0 spiro atoms. The maximum absolute atomic E-state index is 5.83. The Morgan fingerprint density at radius 1 is 1.07 bits per heavy atom. The lowest BCUT2D eigenvalue weighted by Gasteiger charge is -2.15. The normalized spacial score (nSPS) is 13.1. The third-order valence-electron chi connectivity index (χ3n) is 4.62. The molecule has 0 aliphatic carbocycles. The highest BCUT2D eigenvalue weighted by Gasteiger charge is 2.10. The number of rotatable bonds is 7. The van der Waals surface area contributed by atoms with E-state index in [0.29, 0.717) is 0 Å². The highest BCUT2D eigenvalue weighted by Crippen LogP contribution is 2.29. The zero-order valence-electron chi connectivity index (χ0n) is 15.6. The summed E-state index contributed by atoms with van der Waals surface area (Å²) in [6.45, 7) is 3.67. The third kappa shape index (κ3) is 4.25. The van der Waals surface area contributed by atoms with Crippen molar-refractivity contribution in [2.24, 2.45) is 4.99 Å². The molecule has 7 nitrogen and oxygen atoms in total. The Hall–Kier alpha value is -3.48. The van der Waals surface area contributed by atoms with Crippen molar-refractivity contribution >= 4 is 18.1 Å². The number of nitrogen functional groups attached to an aromatic ring is 1. The lowest BCUT2D eigenvalue weighted by molar-refractivity contribution is 0.461. The van der Waals surface area contributed by atoms with Gasteiger partial charge in [0.05, 0.1) is 18.6 Å². The highest BCUT2D eigenvalue weighted by molar-refractivity contribution is 5.78. The van der Waals surface area contributed by atoms with Crippen LogP contribution in [0.25, 0.3) is 22.4 Å². The molecule has 1 aliphatic rings. The molecule has 0 saturated carbocycles. The molecule has 7 heteroatoms. The fourth-order valence-corrected chi connectivity index (χ4v) is 3.20. The quantitative estimate of drug-likeness (QED) is 0.619. The van der Waals surface area contributed by atoms with Crippen molar-refractivity contribution < 1.29 is 0 Å². The van der Waals surface area contributed by atoms with E-state index in [-0.39, 0.29) is 5.95 Å². The molecule has 28 heavy (non-hydrogen) atoms. The van der Waals surface area contributed by atoms with E-state index in [1.807, 2.05) is 36.7 Å². The Bertz CT molecular complexity index is 956. The summed E-state index contributed by atoms with van der Waals surface area (Å²) in [7, 11) is 0. The molecule has 0 atom stereocenters. The predicted octanol–water partition coefficient (Wildman–Crippen LogP) is 2.93. The first-order valence-corrected chi connectivity index (χ1v) is 9.42. The Kier molecular flexibility index (Phi) is 5.42. The first kappa shape index (κ1) is 17.9. The van der Waals surface area contributed by atoms with Crippen molar-refractivity contribution in [2.45, 2.75) is 6.42 Å². The summed E-state index contributed by atoms with van der Waals surface area (Å²) in [5, 5.41) is 3.42. The molecule has 0 radical (unpaired) electrons. The number of hydrogen-bond donors (Lipinski definition) is 2. The average Bonchev–Trinajstić information content (AvgIpc) is 3.26. The van der Waals surface area contributed by atoms with Crippen LogP contribution < -0.4 is 11.1 Å². The van der Waals surface area contributed by atoms with E-state index in [2.05, 4.69) is 42.3 Å². The molecule has 1 aromatic carbocycles. The van der Waals surface area contributed by atoms with E-state index in [1.54, 1.807) is 12.4 Å². The summed E-state index contributed by atoms with van der Waals surface area (Å²) in [6, 6.07) is 14.1. The standard InChI is InChI=1S/C21H23N7/c22-21-26-14-18(20(27-21)25-9-4-11-28-12-10-23-15-28)16-5-3-6-17(13-16)19-7-1-2-8-24-19/h1-3,5-8,13-15H,4,9-12H2,(H3,22,25,26,27). The molecule has 3 heterocycles. The van der Waals surface area contributed by atoms with Crippen LogP contribution in [-0.2, 0) is 0 Å². The predicted molar refractivity (Wildman–Crippen MR) is 113 cm³/mol. The number of nitrogens with two attached hydrogens (primary N) is 1. The van der Waals surface area contributed by atoms with Gasteiger partial charge in [-0.15, -0.1) is 0 Å². The van der Waals surface area contributed by atoms with Crippen LogP contribution in [0, 0.1) is 0 Å². The molecular formula is C21H23N7. The number of nitrogens with zero attached hydrogens (tertiary/aromatic N) is 5. The maximum Gasteiger partial charge on any atom is 0.221 e. The van der Waals surface area contributed by atoms with Gasteiger partial charge < -0.3 is 16.0 Å². The van der Waals surface area contributed by atoms with Crippen molar-refractivity contribution in [3.63, 3.8) is 0 Å². The van der Waals surface area contributed by atoms with Crippen LogP contribution in [0.5, 0.6) is 0 Å². The second kappa shape index (κ2) is 8.47. The van der Waals surface area contributed by atoms with Gasteiger partial charge in [-0.05, 0) is 30.2 Å². The van der Waals surface area contributed by atoms with Crippen LogP contribution in [0.4, 0.5) is 11.8 Å². The second-order valence-electron chi connectivity index (χ2n) is 6.62. The first-order chi connectivity index (χ1) is 13.8. The van der Waals surface area contributed by atoms with Gasteiger partial charge in [-0.2, -0.15) is 4.98 Å². The SMILES string of the molecule is Nc1ncc(-c2cccc(-c3ccccn3)c2)c(NCCCN2C=NCC2)n1. The average molecular weight is 373 g/mol. The molecule has 0 amide bonds. The van der Waals surface area contributed by atoms with Crippen LogP contribution in [-0.4, -0.2) is 52.4 Å². The smallest absolute Gasteiger partial charge is 0.221 e. The number of aromatic nitrogens is 3. The maximum atomic E-state index is 5.83. The van der Waals surface area contributed by atoms with E-state index in [1.165, 1.54) is 0 Å². The molecule has 4 rings (SSSR count). The van der Waals surface area contributed by atoms with Crippen LogP contribution >= 0.6 is 0 Å². The van der Waals surface area contributed by atoms with Crippen molar-refractivity contribution in [2.75, 3.05) is 37.2 Å². The van der Waals surface area contributed by atoms with E-state index >= 15 is 0 Å². The zero-order valence-corrected chi connectivity index (χ0v) is 15.6. The Morgan fingerprint density at radius 2 is 2.00 bits per heavy atom. The van der Waals surface area contributed by atoms with Gasteiger partial charge in [-0.3, -0.25) is 9.98 Å². The summed E-state index contributed by atoms with van der Waals surface area (Å²) < 4.78 is 0. The minimum absolute atomic E-state index is 0.263. The minimum atomic E-state index is 0.263. The van der Waals surface area contributed by atoms with Crippen molar-refractivity contribution in [3.05, 3.63) is 54.9 Å². The summed E-state index contributed by atoms with van der Waals surface area (Å²) >= 11 is 0. The third-order valence-corrected chi connectivity index (χ3v) is 4.62. The number of benzene rings is 1. The highest BCUT2D eigenvalue weighted by atomic mass is 15.2. The number of aliphatic imine (C=N–C) groups is 1. The molecule has 0 saturated heterocycles. The molecule has 3 aromatic rings. The molecule has 3 N–H and O–H groups in total. The van der Waals surface area contributed by atoms with Gasteiger partial charge in [0.2, 0.25) is 5.95 Å².